The van der Waals surface area contributed by atoms with Gasteiger partial charge < -0.3 is 9.47 Å². The van der Waals surface area contributed by atoms with Crippen LogP contribution in [-0.2, 0) is 9.47 Å². The molecule has 0 aromatic heterocycles. The van der Waals surface area contributed by atoms with Crippen LogP contribution < -0.4 is 0 Å². The lowest BCUT2D eigenvalue weighted by Crippen LogP contribution is -2.12. The number of fused-ring (bicyclic) bond motifs is 1. The van der Waals surface area contributed by atoms with Gasteiger partial charge in [-0.2, -0.15) is 0 Å². The van der Waals surface area contributed by atoms with Crippen molar-refractivity contribution in [2.24, 2.45) is 0 Å². The summed E-state index contributed by atoms with van der Waals surface area (Å²) in [5, 5.41) is 0. The van der Waals surface area contributed by atoms with Crippen LogP contribution in [0.5, 0.6) is 0 Å². The number of ether oxygens (including phenoxy) is 2. The summed E-state index contributed by atoms with van der Waals surface area (Å²) >= 11 is 0. The highest BCUT2D eigenvalue weighted by Crippen LogP contribution is 2.30. The first-order chi connectivity index (χ1) is 10.4. The van der Waals surface area contributed by atoms with E-state index in [2.05, 4.69) is 19.1 Å². The van der Waals surface area contributed by atoms with Crippen LogP contribution in [0.2, 0.25) is 0 Å². The Kier molecular flexibility index (Phi) is 8.13. The molecule has 0 saturated heterocycles. The van der Waals surface area contributed by atoms with Crippen LogP contribution in [0, 0.1) is 0 Å². The lowest BCUT2D eigenvalue weighted by atomic mass is 10.1. The number of rotatable bonds is 0. The SMILES string of the molecule is CC1=C2/C=C/CCCCCOCCCCCCOC2CC1. The Bertz CT molecular complexity index is 343. The summed E-state index contributed by atoms with van der Waals surface area (Å²) in [6.07, 6.45) is 17.3. The van der Waals surface area contributed by atoms with Gasteiger partial charge in [0.1, 0.15) is 0 Å². The monoisotopic (exact) mass is 292 g/mol. The quantitative estimate of drug-likeness (QED) is 0.612. The summed E-state index contributed by atoms with van der Waals surface area (Å²) in [5.41, 5.74) is 2.99. The van der Waals surface area contributed by atoms with Crippen LogP contribution in [0.4, 0.5) is 0 Å². The van der Waals surface area contributed by atoms with E-state index < -0.39 is 0 Å². The zero-order valence-electron chi connectivity index (χ0n) is 13.7. The van der Waals surface area contributed by atoms with Crippen molar-refractivity contribution in [2.45, 2.75) is 77.2 Å². The highest BCUT2D eigenvalue weighted by molar-refractivity contribution is 5.32. The van der Waals surface area contributed by atoms with E-state index in [0.29, 0.717) is 6.10 Å². The summed E-state index contributed by atoms with van der Waals surface area (Å²) in [5.74, 6) is 0. The Morgan fingerprint density at radius 1 is 0.905 bits per heavy atom. The standard InChI is InChI=1S/C19H32O2/c1-17-12-13-19-18(17)11-7-3-2-4-8-14-20-15-9-5-6-10-16-21-19/h7,11,19H,2-6,8-10,12-16H2,1H3/b11-7+. The number of hydrogen-bond donors (Lipinski definition) is 0. The van der Waals surface area contributed by atoms with Gasteiger partial charge in [0, 0.05) is 19.8 Å². The van der Waals surface area contributed by atoms with Crippen LogP contribution in [0.3, 0.4) is 0 Å². The second-order valence-electron chi connectivity index (χ2n) is 6.41. The lowest BCUT2D eigenvalue weighted by Gasteiger charge is -2.14. The third kappa shape index (κ3) is 6.36. The van der Waals surface area contributed by atoms with E-state index in [-0.39, 0.29) is 0 Å². The van der Waals surface area contributed by atoms with E-state index in [4.69, 9.17) is 9.47 Å². The van der Waals surface area contributed by atoms with Crippen molar-refractivity contribution in [3.8, 4) is 0 Å². The van der Waals surface area contributed by atoms with Gasteiger partial charge in [-0.05, 0) is 57.4 Å². The summed E-state index contributed by atoms with van der Waals surface area (Å²) in [6.45, 7) is 5.06. The van der Waals surface area contributed by atoms with Crippen LogP contribution in [0.1, 0.15) is 71.1 Å². The van der Waals surface area contributed by atoms with Gasteiger partial charge in [-0.1, -0.05) is 37.0 Å². The fourth-order valence-electron chi connectivity index (χ4n) is 3.19. The predicted octanol–water partition coefficient (Wildman–Crippen LogP) is 5.19. The average molecular weight is 292 g/mol. The van der Waals surface area contributed by atoms with Gasteiger partial charge in [-0.15, -0.1) is 0 Å². The molecule has 2 heteroatoms. The van der Waals surface area contributed by atoms with Crippen molar-refractivity contribution >= 4 is 0 Å². The van der Waals surface area contributed by atoms with Gasteiger partial charge in [-0.25, -0.2) is 0 Å². The molecule has 2 rings (SSSR count). The third-order valence-electron chi connectivity index (χ3n) is 4.58. The van der Waals surface area contributed by atoms with E-state index >= 15 is 0 Å². The molecule has 0 fully saturated rings. The molecule has 120 valence electrons. The summed E-state index contributed by atoms with van der Waals surface area (Å²) < 4.78 is 11.8. The molecular weight excluding hydrogens is 260 g/mol. The summed E-state index contributed by atoms with van der Waals surface area (Å²) in [4.78, 5) is 0. The molecular formula is C19H32O2. The van der Waals surface area contributed by atoms with Crippen LogP contribution in [-0.4, -0.2) is 25.9 Å². The van der Waals surface area contributed by atoms with Crippen molar-refractivity contribution in [1.29, 1.82) is 0 Å². The first-order valence-electron chi connectivity index (χ1n) is 8.93. The number of allylic oxidation sites excluding steroid dienone is 2. The summed E-state index contributed by atoms with van der Waals surface area (Å²) in [6, 6.07) is 0. The van der Waals surface area contributed by atoms with Crippen LogP contribution >= 0.6 is 0 Å². The maximum absolute atomic E-state index is 6.12. The van der Waals surface area contributed by atoms with E-state index in [1.807, 2.05) is 0 Å². The fraction of sp³-hybridized carbons (Fsp3) is 0.789. The summed E-state index contributed by atoms with van der Waals surface area (Å²) in [7, 11) is 0. The fourth-order valence-corrected chi connectivity index (χ4v) is 3.19. The molecule has 0 saturated carbocycles. The van der Waals surface area contributed by atoms with Gasteiger partial charge in [0.2, 0.25) is 0 Å². The number of hydrogen-bond acceptors (Lipinski definition) is 2. The first-order valence-corrected chi connectivity index (χ1v) is 8.93. The van der Waals surface area contributed by atoms with Gasteiger partial charge in [0.25, 0.3) is 0 Å². The maximum Gasteiger partial charge on any atom is 0.0827 e. The van der Waals surface area contributed by atoms with E-state index in [1.54, 1.807) is 0 Å². The Labute approximate surface area is 130 Å². The molecule has 0 bridgehead atoms. The van der Waals surface area contributed by atoms with Crippen molar-refractivity contribution in [3.63, 3.8) is 0 Å². The molecule has 0 amide bonds. The second-order valence-corrected chi connectivity index (χ2v) is 6.41. The molecule has 0 aromatic carbocycles. The van der Waals surface area contributed by atoms with Crippen LogP contribution in [0.25, 0.3) is 0 Å². The largest absolute Gasteiger partial charge is 0.381 e. The van der Waals surface area contributed by atoms with Crippen molar-refractivity contribution < 1.29 is 9.47 Å². The zero-order valence-corrected chi connectivity index (χ0v) is 13.7. The minimum Gasteiger partial charge on any atom is -0.381 e. The Morgan fingerprint density at radius 2 is 1.62 bits per heavy atom. The molecule has 0 N–H and O–H groups in total. The molecule has 1 aliphatic heterocycles. The Morgan fingerprint density at radius 3 is 2.43 bits per heavy atom. The molecule has 21 heavy (non-hydrogen) atoms. The normalized spacial score (nSPS) is 28.9. The van der Waals surface area contributed by atoms with E-state index in [0.717, 1.165) is 19.8 Å². The molecule has 2 nitrogen and oxygen atoms in total. The van der Waals surface area contributed by atoms with Crippen molar-refractivity contribution in [1.82, 2.24) is 0 Å². The van der Waals surface area contributed by atoms with Crippen molar-refractivity contribution in [3.05, 3.63) is 23.3 Å². The van der Waals surface area contributed by atoms with Gasteiger partial charge in [-0.3, -0.25) is 0 Å². The smallest absolute Gasteiger partial charge is 0.0827 e. The minimum absolute atomic E-state index is 0.361. The third-order valence-corrected chi connectivity index (χ3v) is 4.58. The molecule has 0 radical (unpaired) electrons. The highest BCUT2D eigenvalue weighted by Gasteiger charge is 2.21. The minimum atomic E-state index is 0.361. The molecule has 2 aliphatic rings. The predicted molar refractivity (Wildman–Crippen MR) is 88.6 cm³/mol. The maximum atomic E-state index is 6.12. The zero-order chi connectivity index (χ0) is 14.8. The average Bonchev–Trinajstić information content (AvgIpc) is 2.83. The molecule has 0 aromatic rings. The lowest BCUT2D eigenvalue weighted by molar-refractivity contribution is 0.0761. The van der Waals surface area contributed by atoms with Crippen molar-refractivity contribution in [2.75, 3.05) is 19.8 Å². The van der Waals surface area contributed by atoms with Crippen LogP contribution in [0.15, 0.2) is 23.3 Å². The van der Waals surface area contributed by atoms with E-state index in [9.17, 15) is 0 Å². The molecule has 1 aliphatic carbocycles. The molecule has 1 atom stereocenters. The topological polar surface area (TPSA) is 18.5 Å². The van der Waals surface area contributed by atoms with Gasteiger partial charge in [0.15, 0.2) is 0 Å². The molecule has 1 heterocycles. The van der Waals surface area contributed by atoms with Gasteiger partial charge >= 0.3 is 0 Å². The first kappa shape index (κ1) is 16.8. The molecule has 0 spiro atoms. The second kappa shape index (κ2) is 10.2. The Hall–Kier alpha value is -0.600. The van der Waals surface area contributed by atoms with E-state index in [1.165, 1.54) is 75.4 Å². The van der Waals surface area contributed by atoms with Gasteiger partial charge in [0.05, 0.1) is 6.10 Å². The Balaban J connectivity index is 1.83. The molecule has 1 unspecified atom stereocenters. The highest BCUT2D eigenvalue weighted by atomic mass is 16.5.